The van der Waals surface area contributed by atoms with Crippen LogP contribution in [0.1, 0.15) is 27.7 Å². The van der Waals surface area contributed by atoms with Gasteiger partial charge in [-0.1, -0.05) is 10.2 Å². The van der Waals surface area contributed by atoms with E-state index in [0.29, 0.717) is 0 Å². The Hall–Kier alpha value is -1.54. The molecule has 0 atom stereocenters. The summed E-state index contributed by atoms with van der Waals surface area (Å²) < 4.78 is 9.20. The van der Waals surface area contributed by atoms with Crippen LogP contribution in [0.2, 0.25) is 0 Å². The van der Waals surface area contributed by atoms with Gasteiger partial charge in [-0.25, -0.2) is 9.59 Å². The molecule has 0 aromatic rings. The molecule has 16 heavy (non-hydrogen) atoms. The zero-order valence-corrected chi connectivity index (χ0v) is 9.84. The quantitative estimate of drug-likeness (QED) is 0.421. The van der Waals surface area contributed by atoms with E-state index in [1.54, 1.807) is 27.7 Å². The third-order valence-electron chi connectivity index (χ3n) is 0.886. The SMILES string of the molecule is CC(C)OC(=O)N=NC(=O)OC(C)C.NN. The Morgan fingerprint density at radius 3 is 1.31 bits per heavy atom. The van der Waals surface area contributed by atoms with Crippen LogP contribution >= 0.6 is 0 Å². The lowest BCUT2D eigenvalue weighted by Gasteiger charge is -2.03. The van der Waals surface area contributed by atoms with Gasteiger partial charge in [-0.15, -0.1) is 0 Å². The maximum absolute atomic E-state index is 10.8. The van der Waals surface area contributed by atoms with E-state index in [9.17, 15) is 9.59 Å². The molecule has 0 aliphatic heterocycles. The van der Waals surface area contributed by atoms with Gasteiger partial charge in [-0.3, -0.25) is 11.7 Å². The first kappa shape index (κ1) is 16.9. The summed E-state index contributed by atoms with van der Waals surface area (Å²) in [5.74, 6) is 8.00. The number of azo groups is 1. The lowest BCUT2D eigenvalue weighted by Crippen LogP contribution is -2.09. The monoisotopic (exact) mass is 234 g/mol. The Bertz CT molecular complexity index is 216. The standard InChI is InChI=1S/C8H14N2O4.H4N2/c1-5(2)13-7(11)9-10-8(12)14-6(3)4;1-2/h5-6H,1-4H3;1-2H2. The molecule has 0 aromatic heterocycles. The van der Waals surface area contributed by atoms with E-state index in [0.717, 1.165) is 0 Å². The first-order valence-corrected chi connectivity index (χ1v) is 4.58. The minimum absolute atomic E-state index is 0.289. The summed E-state index contributed by atoms with van der Waals surface area (Å²) in [5, 5.41) is 6.01. The number of nitrogens with zero attached hydrogens (tertiary/aromatic N) is 2. The number of amides is 2. The molecule has 0 rings (SSSR count). The van der Waals surface area contributed by atoms with Crippen LogP contribution in [0.4, 0.5) is 9.59 Å². The molecule has 0 saturated carbocycles. The minimum Gasteiger partial charge on any atom is -0.444 e. The highest BCUT2D eigenvalue weighted by Crippen LogP contribution is 1.96. The van der Waals surface area contributed by atoms with E-state index in [4.69, 9.17) is 0 Å². The fourth-order valence-corrected chi connectivity index (χ4v) is 0.532. The number of nitrogens with two attached hydrogens (primary N) is 2. The third kappa shape index (κ3) is 12.5. The van der Waals surface area contributed by atoms with Crippen molar-refractivity contribution in [3.63, 3.8) is 0 Å². The highest BCUT2D eigenvalue weighted by atomic mass is 16.6. The Morgan fingerprint density at radius 2 is 1.12 bits per heavy atom. The van der Waals surface area contributed by atoms with E-state index in [1.165, 1.54) is 0 Å². The minimum atomic E-state index is -0.902. The summed E-state index contributed by atoms with van der Waals surface area (Å²) in [5.41, 5.74) is 0. The van der Waals surface area contributed by atoms with Gasteiger partial charge in [0.1, 0.15) is 0 Å². The van der Waals surface area contributed by atoms with Crippen molar-refractivity contribution in [3.05, 3.63) is 0 Å². The third-order valence-corrected chi connectivity index (χ3v) is 0.886. The number of hydrogen-bond acceptors (Lipinski definition) is 6. The lowest BCUT2D eigenvalue weighted by molar-refractivity contribution is 0.115. The normalized spacial score (nSPS) is 10.0. The molecule has 0 radical (unpaired) electrons. The molecule has 4 N–H and O–H groups in total. The molecule has 8 heteroatoms. The van der Waals surface area contributed by atoms with Gasteiger partial charge in [0.15, 0.2) is 0 Å². The largest absolute Gasteiger partial charge is 0.452 e. The molecule has 0 bridgehead atoms. The fourth-order valence-electron chi connectivity index (χ4n) is 0.532. The summed E-state index contributed by atoms with van der Waals surface area (Å²) in [6.45, 7) is 6.67. The predicted molar refractivity (Wildman–Crippen MR) is 56.5 cm³/mol. The van der Waals surface area contributed by atoms with Crippen molar-refractivity contribution in [2.75, 3.05) is 0 Å². The van der Waals surface area contributed by atoms with Crippen LogP contribution in [-0.2, 0) is 9.47 Å². The van der Waals surface area contributed by atoms with Crippen LogP contribution in [0.3, 0.4) is 0 Å². The highest BCUT2D eigenvalue weighted by molar-refractivity contribution is 5.73. The number of hydrogen-bond donors (Lipinski definition) is 2. The van der Waals surface area contributed by atoms with E-state index < -0.39 is 12.2 Å². The van der Waals surface area contributed by atoms with Crippen molar-refractivity contribution >= 4 is 12.2 Å². The van der Waals surface area contributed by atoms with Gasteiger partial charge in [0.25, 0.3) is 0 Å². The molecule has 0 unspecified atom stereocenters. The molecule has 0 heterocycles. The van der Waals surface area contributed by atoms with Crippen molar-refractivity contribution in [3.8, 4) is 0 Å². The van der Waals surface area contributed by atoms with E-state index in [2.05, 4.69) is 31.4 Å². The first-order valence-electron chi connectivity index (χ1n) is 4.58. The van der Waals surface area contributed by atoms with Crippen LogP contribution in [0.25, 0.3) is 0 Å². The summed E-state index contributed by atoms with van der Waals surface area (Å²) in [4.78, 5) is 21.5. The van der Waals surface area contributed by atoms with Crippen LogP contribution in [-0.4, -0.2) is 24.4 Å². The molecule has 0 saturated heterocycles. The Morgan fingerprint density at radius 1 is 0.875 bits per heavy atom. The molecule has 0 aromatic carbocycles. The van der Waals surface area contributed by atoms with Crippen LogP contribution in [0.15, 0.2) is 10.2 Å². The van der Waals surface area contributed by atoms with Gasteiger partial charge in [0.2, 0.25) is 0 Å². The maximum atomic E-state index is 10.8. The second-order valence-electron chi connectivity index (χ2n) is 3.07. The van der Waals surface area contributed by atoms with Crippen molar-refractivity contribution < 1.29 is 19.1 Å². The second kappa shape index (κ2) is 9.99. The molecule has 2 amide bonds. The number of hydrazine groups is 1. The van der Waals surface area contributed by atoms with Crippen molar-refractivity contribution in [1.29, 1.82) is 0 Å². The second-order valence-corrected chi connectivity index (χ2v) is 3.07. The number of carbonyl (C=O) groups excluding carboxylic acids is 2. The topological polar surface area (TPSA) is 129 Å². The van der Waals surface area contributed by atoms with Crippen LogP contribution < -0.4 is 11.7 Å². The average molecular weight is 234 g/mol. The zero-order chi connectivity index (χ0) is 13.1. The smallest absolute Gasteiger partial charge is 0.444 e. The molecule has 94 valence electrons. The Labute approximate surface area is 93.9 Å². The highest BCUT2D eigenvalue weighted by Gasteiger charge is 2.06. The van der Waals surface area contributed by atoms with Crippen LogP contribution in [0, 0.1) is 0 Å². The first-order chi connectivity index (χ1) is 7.41. The maximum Gasteiger partial charge on any atom is 0.452 e. The van der Waals surface area contributed by atoms with Crippen molar-refractivity contribution in [1.82, 2.24) is 0 Å². The molecule has 0 fully saturated rings. The zero-order valence-electron chi connectivity index (χ0n) is 9.84. The molecule has 0 aliphatic carbocycles. The summed E-state index contributed by atoms with van der Waals surface area (Å²) >= 11 is 0. The van der Waals surface area contributed by atoms with E-state index >= 15 is 0 Å². The molecular weight excluding hydrogens is 216 g/mol. The van der Waals surface area contributed by atoms with Gasteiger partial charge in [-0.05, 0) is 27.7 Å². The van der Waals surface area contributed by atoms with Gasteiger partial charge in [0.05, 0.1) is 12.2 Å². The predicted octanol–water partition coefficient (Wildman–Crippen LogP) is 1.35. The Balaban J connectivity index is 0. The van der Waals surface area contributed by atoms with Gasteiger partial charge in [-0.2, -0.15) is 0 Å². The Kier molecular flexibility index (Phi) is 10.5. The molecule has 0 spiro atoms. The van der Waals surface area contributed by atoms with Crippen LogP contribution in [0.5, 0.6) is 0 Å². The van der Waals surface area contributed by atoms with Gasteiger partial charge < -0.3 is 9.47 Å². The lowest BCUT2D eigenvalue weighted by atomic mass is 10.5. The average Bonchev–Trinajstić information content (AvgIpc) is 2.16. The molecular formula is C8H18N4O4. The summed E-state index contributed by atoms with van der Waals surface area (Å²) in [6.07, 6.45) is -2.38. The summed E-state index contributed by atoms with van der Waals surface area (Å²) in [7, 11) is 0. The number of ether oxygens (including phenoxy) is 2. The number of carbonyl (C=O) groups is 2. The summed E-state index contributed by atoms with van der Waals surface area (Å²) in [6, 6.07) is 0. The number of rotatable bonds is 2. The van der Waals surface area contributed by atoms with E-state index in [-0.39, 0.29) is 12.2 Å². The van der Waals surface area contributed by atoms with Crippen molar-refractivity contribution in [2.45, 2.75) is 39.9 Å². The molecule has 0 aliphatic rings. The van der Waals surface area contributed by atoms with Gasteiger partial charge in [0, 0.05) is 0 Å². The fraction of sp³-hybridized carbons (Fsp3) is 0.750. The van der Waals surface area contributed by atoms with Crippen molar-refractivity contribution in [2.24, 2.45) is 21.9 Å². The van der Waals surface area contributed by atoms with Gasteiger partial charge >= 0.3 is 12.2 Å². The van der Waals surface area contributed by atoms with E-state index in [1.807, 2.05) is 0 Å². The molecule has 8 nitrogen and oxygen atoms in total.